The van der Waals surface area contributed by atoms with Gasteiger partial charge in [-0.05, 0) is 41.0 Å². The number of nitrogens with one attached hydrogen (secondary N) is 1. The van der Waals surface area contributed by atoms with Crippen LogP contribution in [-0.2, 0) is 7.05 Å². The van der Waals surface area contributed by atoms with Crippen LogP contribution in [0, 0.1) is 6.92 Å². The topological polar surface area (TPSA) is 42.7 Å². The quantitative estimate of drug-likeness (QED) is 0.899. The number of hydrogen-bond donors (Lipinski definition) is 1. The van der Waals surface area contributed by atoms with Gasteiger partial charge < -0.3 is 5.32 Å². The Morgan fingerprint density at radius 2 is 2.06 bits per heavy atom. The number of benzene rings is 1. The molecule has 18 heavy (non-hydrogen) atoms. The van der Waals surface area contributed by atoms with Crippen molar-refractivity contribution in [1.29, 1.82) is 0 Å². The number of halogens is 2. The number of rotatable bonds is 3. The average Bonchev–Trinajstić information content (AvgIpc) is 2.67. The van der Waals surface area contributed by atoms with Gasteiger partial charge in [-0.2, -0.15) is 0 Å². The second kappa shape index (κ2) is 5.50. The first-order valence-electron chi connectivity index (χ1n) is 5.53. The first kappa shape index (κ1) is 13.7. The highest BCUT2D eigenvalue weighted by Gasteiger charge is 2.22. The predicted octanol–water partition coefficient (Wildman–Crippen LogP) is 2.96. The van der Waals surface area contributed by atoms with E-state index in [4.69, 9.17) is 0 Å². The molecule has 2 rings (SSSR count). The van der Waals surface area contributed by atoms with Gasteiger partial charge in [0.1, 0.15) is 0 Å². The summed E-state index contributed by atoms with van der Waals surface area (Å²) in [6.07, 6.45) is 0. The summed E-state index contributed by atoms with van der Waals surface area (Å²) in [5.41, 5.74) is 3.38. The Kier molecular flexibility index (Phi) is 4.19. The van der Waals surface area contributed by atoms with E-state index in [1.807, 2.05) is 14.1 Å². The molecule has 0 aliphatic carbocycles. The van der Waals surface area contributed by atoms with Gasteiger partial charge in [-0.25, -0.2) is 4.68 Å². The Hall–Kier alpha value is -0.720. The van der Waals surface area contributed by atoms with E-state index >= 15 is 0 Å². The van der Waals surface area contributed by atoms with Crippen molar-refractivity contribution in [2.45, 2.75) is 13.0 Å². The van der Waals surface area contributed by atoms with Crippen LogP contribution in [0.4, 0.5) is 0 Å². The summed E-state index contributed by atoms with van der Waals surface area (Å²) in [4.78, 5) is 0. The molecule has 0 radical (unpaired) electrons. The van der Waals surface area contributed by atoms with Crippen LogP contribution < -0.4 is 5.32 Å². The molecule has 0 aliphatic heterocycles. The highest BCUT2D eigenvalue weighted by Crippen LogP contribution is 2.32. The minimum atomic E-state index is 0.0358. The molecule has 0 saturated heterocycles. The van der Waals surface area contributed by atoms with E-state index in [1.54, 1.807) is 4.68 Å². The van der Waals surface area contributed by atoms with Crippen molar-refractivity contribution in [2.24, 2.45) is 7.05 Å². The maximum atomic E-state index is 4.04. The minimum Gasteiger partial charge on any atom is -0.308 e. The summed E-state index contributed by atoms with van der Waals surface area (Å²) < 4.78 is 3.65. The molecule has 1 aromatic heterocycles. The highest BCUT2D eigenvalue weighted by atomic mass is 79.9. The summed E-state index contributed by atoms with van der Waals surface area (Å²) in [6.45, 7) is 2.08. The molecule has 2 aromatic rings. The van der Waals surface area contributed by atoms with Crippen molar-refractivity contribution in [1.82, 2.24) is 20.3 Å². The lowest BCUT2D eigenvalue weighted by Gasteiger charge is -2.19. The van der Waals surface area contributed by atoms with Gasteiger partial charge in [-0.3, -0.25) is 0 Å². The number of aryl methyl sites for hydroxylation is 2. The highest BCUT2D eigenvalue weighted by molar-refractivity contribution is 9.10. The van der Waals surface area contributed by atoms with Crippen LogP contribution >= 0.6 is 31.9 Å². The van der Waals surface area contributed by atoms with Crippen LogP contribution in [0.15, 0.2) is 27.3 Å². The molecular weight excluding hydrogens is 360 g/mol. The third-order valence-corrected chi connectivity index (χ3v) is 4.57. The number of nitrogens with zero attached hydrogens (tertiary/aromatic N) is 3. The van der Waals surface area contributed by atoms with Gasteiger partial charge >= 0.3 is 0 Å². The van der Waals surface area contributed by atoms with Crippen LogP contribution in [0.3, 0.4) is 0 Å². The van der Waals surface area contributed by atoms with Gasteiger partial charge in [0.25, 0.3) is 0 Å². The Morgan fingerprint density at radius 3 is 2.61 bits per heavy atom. The van der Waals surface area contributed by atoms with Gasteiger partial charge in [0.15, 0.2) is 4.60 Å². The fourth-order valence-corrected chi connectivity index (χ4v) is 3.03. The number of aromatic nitrogens is 3. The molecule has 0 aliphatic rings. The van der Waals surface area contributed by atoms with Crippen molar-refractivity contribution in [3.63, 3.8) is 0 Å². The SMILES string of the molecule is CNC(c1cccc(C)c1Br)c1c(Br)nnn1C. The summed E-state index contributed by atoms with van der Waals surface area (Å²) in [7, 11) is 3.82. The lowest BCUT2D eigenvalue weighted by molar-refractivity contribution is 0.595. The molecule has 1 aromatic carbocycles. The monoisotopic (exact) mass is 372 g/mol. The molecule has 6 heteroatoms. The van der Waals surface area contributed by atoms with Crippen LogP contribution in [0.5, 0.6) is 0 Å². The Bertz CT molecular complexity index is 546. The van der Waals surface area contributed by atoms with Crippen molar-refractivity contribution < 1.29 is 0 Å². The summed E-state index contributed by atoms with van der Waals surface area (Å²) in [5.74, 6) is 0. The lowest BCUT2D eigenvalue weighted by Crippen LogP contribution is -2.21. The van der Waals surface area contributed by atoms with E-state index < -0.39 is 0 Å². The van der Waals surface area contributed by atoms with E-state index in [2.05, 4.69) is 72.6 Å². The van der Waals surface area contributed by atoms with Crippen LogP contribution in [0.25, 0.3) is 0 Å². The van der Waals surface area contributed by atoms with Crippen LogP contribution in [0.2, 0.25) is 0 Å². The summed E-state index contributed by atoms with van der Waals surface area (Å²) in [5, 5.41) is 11.4. The van der Waals surface area contributed by atoms with Crippen LogP contribution in [-0.4, -0.2) is 22.0 Å². The van der Waals surface area contributed by atoms with Crippen molar-refractivity contribution in [2.75, 3.05) is 7.05 Å². The summed E-state index contributed by atoms with van der Waals surface area (Å²) >= 11 is 7.10. The molecule has 0 bridgehead atoms. The molecule has 1 unspecified atom stereocenters. The molecule has 0 spiro atoms. The van der Waals surface area contributed by atoms with Crippen molar-refractivity contribution >= 4 is 31.9 Å². The predicted molar refractivity (Wildman–Crippen MR) is 78.5 cm³/mol. The van der Waals surface area contributed by atoms with E-state index in [0.717, 1.165) is 14.8 Å². The largest absolute Gasteiger partial charge is 0.308 e. The van der Waals surface area contributed by atoms with Gasteiger partial charge in [0.05, 0.1) is 11.7 Å². The maximum Gasteiger partial charge on any atom is 0.153 e. The van der Waals surface area contributed by atoms with E-state index in [-0.39, 0.29) is 6.04 Å². The van der Waals surface area contributed by atoms with Crippen molar-refractivity contribution in [3.05, 3.63) is 44.1 Å². The van der Waals surface area contributed by atoms with Crippen LogP contribution in [0.1, 0.15) is 22.9 Å². The third kappa shape index (κ3) is 2.37. The molecule has 1 atom stereocenters. The average molecular weight is 374 g/mol. The van der Waals surface area contributed by atoms with E-state index in [1.165, 1.54) is 11.1 Å². The molecule has 1 N–H and O–H groups in total. The maximum absolute atomic E-state index is 4.04. The minimum absolute atomic E-state index is 0.0358. The molecule has 0 amide bonds. The molecular formula is C12H14Br2N4. The Balaban J connectivity index is 2.56. The van der Waals surface area contributed by atoms with E-state index in [0.29, 0.717) is 0 Å². The first-order valence-corrected chi connectivity index (χ1v) is 7.12. The fraction of sp³-hybridized carbons (Fsp3) is 0.333. The first-order chi connectivity index (χ1) is 8.56. The van der Waals surface area contributed by atoms with Gasteiger partial charge in [0, 0.05) is 11.5 Å². The molecule has 1 heterocycles. The normalized spacial score (nSPS) is 12.7. The zero-order chi connectivity index (χ0) is 13.3. The van der Waals surface area contributed by atoms with Gasteiger partial charge in [-0.15, -0.1) is 5.10 Å². The fourth-order valence-electron chi connectivity index (χ4n) is 1.98. The summed E-state index contributed by atoms with van der Waals surface area (Å²) in [6, 6.07) is 6.26. The van der Waals surface area contributed by atoms with E-state index in [9.17, 15) is 0 Å². The number of hydrogen-bond acceptors (Lipinski definition) is 3. The second-order valence-electron chi connectivity index (χ2n) is 4.09. The zero-order valence-corrected chi connectivity index (χ0v) is 13.6. The molecule has 96 valence electrons. The molecule has 4 nitrogen and oxygen atoms in total. The smallest absolute Gasteiger partial charge is 0.153 e. The molecule has 0 saturated carbocycles. The zero-order valence-electron chi connectivity index (χ0n) is 10.4. The van der Waals surface area contributed by atoms with Crippen molar-refractivity contribution in [3.8, 4) is 0 Å². The second-order valence-corrected chi connectivity index (χ2v) is 5.63. The van der Waals surface area contributed by atoms with Gasteiger partial charge in [-0.1, -0.05) is 39.3 Å². The Morgan fingerprint density at radius 1 is 1.33 bits per heavy atom. The van der Waals surface area contributed by atoms with Gasteiger partial charge in [0.2, 0.25) is 0 Å². The molecule has 0 fully saturated rings. The standard InChI is InChI=1S/C12H14Br2N4/c1-7-5-4-6-8(9(7)13)10(15-2)11-12(14)16-17-18(11)3/h4-6,10,15H,1-3H3. The third-order valence-electron chi connectivity index (χ3n) is 2.92. The lowest BCUT2D eigenvalue weighted by atomic mass is 10.0. The Labute approximate surface area is 123 Å².